The SMILES string of the molecule is CCCCN1C(=O)C=CC1=C(Br)Br. The third kappa shape index (κ3) is 2.68. The van der Waals surface area contributed by atoms with Crippen molar-refractivity contribution in [1.29, 1.82) is 0 Å². The molecule has 1 aliphatic heterocycles. The number of unbranched alkanes of at least 4 members (excludes halogenated alkanes) is 1. The Balaban J connectivity index is 2.71. The molecule has 0 radical (unpaired) electrons. The van der Waals surface area contributed by atoms with Crippen molar-refractivity contribution < 1.29 is 4.79 Å². The number of halogens is 2. The molecule has 1 rings (SSSR count). The first-order valence-corrected chi connectivity index (χ1v) is 5.80. The lowest BCUT2D eigenvalue weighted by molar-refractivity contribution is -0.123. The molecule has 72 valence electrons. The highest BCUT2D eigenvalue weighted by Gasteiger charge is 2.20. The normalized spacial score (nSPS) is 15.8. The quantitative estimate of drug-likeness (QED) is 0.784. The van der Waals surface area contributed by atoms with Crippen LogP contribution in [0.1, 0.15) is 19.8 Å². The smallest absolute Gasteiger partial charge is 0.251 e. The first kappa shape index (κ1) is 11.0. The van der Waals surface area contributed by atoms with Gasteiger partial charge in [0.05, 0.1) is 9.09 Å². The van der Waals surface area contributed by atoms with Crippen LogP contribution in [0.5, 0.6) is 0 Å². The molecule has 0 aromatic rings. The maximum atomic E-state index is 11.4. The number of hydrogen-bond donors (Lipinski definition) is 0. The van der Waals surface area contributed by atoms with E-state index in [-0.39, 0.29) is 5.91 Å². The van der Waals surface area contributed by atoms with Gasteiger partial charge in [0, 0.05) is 12.6 Å². The van der Waals surface area contributed by atoms with E-state index in [2.05, 4.69) is 38.8 Å². The van der Waals surface area contributed by atoms with Crippen molar-refractivity contribution in [3.05, 3.63) is 21.2 Å². The second kappa shape index (κ2) is 4.96. The van der Waals surface area contributed by atoms with E-state index < -0.39 is 0 Å². The summed E-state index contributed by atoms with van der Waals surface area (Å²) in [5, 5.41) is 0. The summed E-state index contributed by atoms with van der Waals surface area (Å²) in [4.78, 5) is 13.1. The van der Waals surface area contributed by atoms with Crippen LogP contribution in [0.4, 0.5) is 0 Å². The summed E-state index contributed by atoms with van der Waals surface area (Å²) in [6.07, 6.45) is 5.53. The molecule has 1 amide bonds. The first-order chi connectivity index (χ1) is 6.16. The maximum absolute atomic E-state index is 11.4. The summed E-state index contributed by atoms with van der Waals surface area (Å²) in [5.74, 6) is 0.0693. The Labute approximate surface area is 94.9 Å². The minimum absolute atomic E-state index is 0.0693. The number of nitrogens with zero attached hydrogens (tertiary/aromatic N) is 1. The first-order valence-electron chi connectivity index (χ1n) is 4.21. The van der Waals surface area contributed by atoms with Crippen molar-refractivity contribution >= 4 is 37.8 Å². The third-order valence-electron chi connectivity index (χ3n) is 1.87. The maximum Gasteiger partial charge on any atom is 0.251 e. The van der Waals surface area contributed by atoms with Crippen molar-refractivity contribution in [1.82, 2.24) is 4.90 Å². The molecule has 0 bridgehead atoms. The Morgan fingerprint density at radius 1 is 1.46 bits per heavy atom. The molecule has 13 heavy (non-hydrogen) atoms. The van der Waals surface area contributed by atoms with Gasteiger partial charge in [-0.15, -0.1) is 0 Å². The Kier molecular flexibility index (Phi) is 4.19. The van der Waals surface area contributed by atoms with Crippen LogP contribution in [0.25, 0.3) is 0 Å². The van der Waals surface area contributed by atoms with Crippen molar-refractivity contribution in [3.8, 4) is 0 Å². The van der Waals surface area contributed by atoms with Crippen molar-refractivity contribution in [2.45, 2.75) is 19.8 Å². The van der Waals surface area contributed by atoms with Crippen molar-refractivity contribution in [3.63, 3.8) is 0 Å². The second-order valence-electron chi connectivity index (χ2n) is 2.82. The molecule has 0 N–H and O–H groups in total. The number of rotatable bonds is 3. The Morgan fingerprint density at radius 2 is 2.15 bits per heavy atom. The predicted octanol–water partition coefficient (Wildman–Crippen LogP) is 3.14. The minimum atomic E-state index is 0.0693. The Hall–Kier alpha value is -0.0900. The number of carbonyl (C=O) groups excluding carboxylic acids is 1. The number of amides is 1. The number of carbonyl (C=O) groups is 1. The largest absolute Gasteiger partial charge is 0.307 e. The highest BCUT2D eigenvalue weighted by molar-refractivity contribution is 9.28. The number of hydrogen-bond acceptors (Lipinski definition) is 1. The van der Waals surface area contributed by atoms with Gasteiger partial charge in [-0.2, -0.15) is 0 Å². The van der Waals surface area contributed by atoms with E-state index in [0.717, 1.165) is 28.5 Å². The fourth-order valence-corrected chi connectivity index (χ4v) is 1.85. The summed E-state index contributed by atoms with van der Waals surface area (Å²) in [5.41, 5.74) is 0.915. The zero-order chi connectivity index (χ0) is 9.84. The highest BCUT2D eigenvalue weighted by Crippen LogP contribution is 2.27. The standard InChI is InChI=1S/C9H11Br2NO/c1-2-3-6-12-7(9(10)11)4-5-8(12)13/h4-5H,2-3,6H2,1H3. The molecule has 1 aliphatic rings. The van der Waals surface area contributed by atoms with Gasteiger partial charge in [0.15, 0.2) is 0 Å². The molecule has 0 unspecified atom stereocenters. The molecule has 0 aliphatic carbocycles. The monoisotopic (exact) mass is 307 g/mol. The van der Waals surface area contributed by atoms with Crippen LogP contribution in [0.2, 0.25) is 0 Å². The van der Waals surface area contributed by atoms with Gasteiger partial charge in [-0.1, -0.05) is 13.3 Å². The van der Waals surface area contributed by atoms with Gasteiger partial charge in [0.2, 0.25) is 0 Å². The molecular weight excluding hydrogens is 298 g/mol. The highest BCUT2D eigenvalue weighted by atomic mass is 79.9. The second-order valence-corrected chi connectivity index (χ2v) is 5.47. The topological polar surface area (TPSA) is 20.3 Å². The molecule has 0 fully saturated rings. The van der Waals surface area contributed by atoms with Gasteiger partial charge in [0.25, 0.3) is 5.91 Å². The average molecular weight is 309 g/mol. The lowest BCUT2D eigenvalue weighted by atomic mass is 10.3. The molecule has 2 nitrogen and oxygen atoms in total. The van der Waals surface area contributed by atoms with Gasteiger partial charge in [0.1, 0.15) is 0 Å². The van der Waals surface area contributed by atoms with Crippen LogP contribution >= 0.6 is 31.9 Å². The van der Waals surface area contributed by atoms with Crippen LogP contribution in [0.15, 0.2) is 21.2 Å². The fraction of sp³-hybridized carbons (Fsp3) is 0.444. The lowest BCUT2D eigenvalue weighted by Gasteiger charge is -2.17. The molecular formula is C9H11Br2NO. The van der Waals surface area contributed by atoms with E-state index in [4.69, 9.17) is 0 Å². The van der Waals surface area contributed by atoms with Gasteiger partial charge >= 0.3 is 0 Å². The van der Waals surface area contributed by atoms with E-state index >= 15 is 0 Å². The summed E-state index contributed by atoms with van der Waals surface area (Å²) in [6.45, 7) is 2.90. The zero-order valence-electron chi connectivity index (χ0n) is 7.39. The summed E-state index contributed by atoms with van der Waals surface area (Å²) < 4.78 is 0.832. The summed E-state index contributed by atoms with van der Waals surface area (Å²) in [7, 11) is 0. The van der Waals surface area contributed by atoms with Crippen LogP contribution in [0, 0.1) is 0 Å². The van der Waals surface area contributed by atoms with Gasteiger partial charge < -0.3 is 4.90 Å². The average Bonchev–Trinajstić information content (AvgIpc) is 2.43. The molecule has 0 spiro atoms. The molecule has 0 aromatic heterocycles. The van der Waals surface area contributed by atoms with E-state index in [9.17, 15) is 4.79 Å². The zero-order valence-corrected chi connectivity index (χ0v) is 10.6. The predicted molar refractivity (Wildman–Crippen MR) is 60.6 cm³/mol. The molecule has 1 heterocycles. The van der Waals surface area contributed by atoms with Gasteiger partial charge in [-0.25, -0.2) is 0 Å². The van der Waals surface area contributed by atoms with Crippen LogP contribution in [0.3, 0.4) is 0 Å². The molecule has 0 saturated heterocycles. The van der Waals surface area contributed by atoms with E-state index in [0.29, 0.717) is 0 Å². The Morgan fingerprint density at radius 3 is 2.69 bits per heavy atom. The Bertz CT molecular complexity index is 267. The van der Waals surface area contributed by atoms with Crippen molar-refractivity contribution in [2.75, 3.05) is 6.54 Å². The summed E-state index contributed by atoms with van der Waals surface area (Å²) in [6, 6.07) is 0. The molecule has 0 aromatic carbocycles. The number of allylic oxidation sites excluding steroid dienone is 1. The molecule has 0 saturated carbocycles. The molecule has 4 heteroatoms. The minimum Gasteiger partial charge on any atom is -0.307 e. The van der Waals surface area contributed by atoms with Crippen LogP contribution in [-0.4, -0.2) is 17.4 Å². The van der Waals surface area contributed by atoms with E-state index in [1.54, 1.807) is 11.0 Å². The van der Waals surface area contributed by atoms with Gasteiger partial charge in [-0.3, -0.25) is 4.79 Å². The van der Waals surface area contributed by atoms with Crippen LogP contribution in [-0.2, 0) is 4.79 Å². The van der Waals surface area contributed by atoms with Crippen LogP contribution < -0.4 is 0 Å². The van der Waals surface area contributed by atoms with E-state index in [1.165, 1.54) is 0 Å². The third-order valence-corrected chi connectivity index (χ3v) is 2.68. The lowest BCUT2D eigenvalue weighted by Crippen LogP contribution is -2.25. The fourth-order valence-electron chi connectivity index (χ4n) is 1.16. The summed E-state index contributed by atoms with van der Waals surface area (Å²) >= 11 is 6.62. The van der Waals surface area contributed by atoms with Crippen molar-refractivity contribution in [2.24, 2.45) is 0 Å². The molecule has 0 atom stereocenters. The van der Waals surface area contributed by atoms with Gasteiger partial charge in [-0.05, 0) is 44.4 Å². The van der Waals surface area contributed by atoms with E-state index in [1.807, 2.05) is 6.08 Å².